The molecule has 1 atom stereocenters. The third-order valence-electron chi connectivity index (χ3n) is 4.37. The summed E-state index contributed by atoms with van der Waals surface area (Å²) in [6.45, 7) is 5.42. The number of aliphatic carboxylic acids is 1. The van der Waals surface area contributed by atoms with Crippen LogP contribution in [0.2, 0.25) is 0 Å². The van der Waals surface area contributed by atoms with E-state index >= 15 is 0 Å². The molecule has 0 spiro atoms. The summed E-state index contributed by atoms with van der Waals surface area (Å²) >= 11 is 0. The smallest absolute Gasteiger partial charge is 0.336 e. The van der Waals surface area contributed by atoms with Crippen molar-refractivity contribution in [3.05, 3.63) is 40.2 Å². The highest BCUT2D eigenvalue weighted by Crippen LogP contribution is 2.20. The van der Waals surface area contributed by atoms with Crippen molar-refractivity contribution in [3.8, 4) is 0 Å². The Bertz CT molecular complexity index is 881. The topological polar surface area (TPSA) is 161 Å². The van der Waals surface area contributed by atoms with Gasteiger partial charge in [0.15, 0.2) is 0 Å². The van der Waals surface area contributed by atoms with Crippen LogP contribution >= 0.6 is 0 Å². The molecule has 1 aromatic heterocycles. The minimum Gasteiger partial charge on any atom is -0.480 e. The molecule has 0 fully saturated rings. The van der Waals surface area contributed by atoms with Crippen molar-refractivity contribution < 1.29 is 19.1 Å². The van der Waals surface area contributed by atoms with Crippen LogP contribution in [0.3, 0.4) is 0 Å². The average molecular weight is 421 g/mol. The van der Waals surface area contributed by atoms with Gasteiger partial charge in [-0.15, -0.1) is 0 Å². The quantitative estimate of drug-likeness (QED) is 0.291. The molecule has 0 aliphatic heterocycles. The van der Waals surface area contributed by atoms with Crippen LogP contribution in [0.4, 0.5) is 10.5 Å². The van der Waals surface area contributed by atoms with Crippen LogP contribution in [-0.4, -0.2) is 36.2 Å². The maximum atomic E-state index is 11.3. The highest BCUT2D eigenvalue weighted by molar-refractivity contribution is 5.83. The van der Waals surface area contributed by atoms with E-state index in [4.69, 9.17) is 21.0 Å². The van der Waals surface area contributed by atoms with E-state index < -0.39 is 18.0 Å². The lowest BCUT2D eigenvalue weighted by atomic mass is 10.1. The summed E-state index contributed by atoms with van der Waals surface area (Å²) in [4.78, 5) is 31.7. The Hall–Kier alpha value is -3.07. The van der Waals surface area contributed by atoms with E-state index in [9.17, 15) is 14.4 Å². The van der Waals surface area contributed by atoms with Crippen LogP contribution in [0.1, 0.15) is 44.6 Å². The number of anilines is 1. The summed E-state index contributed by atoms with van der Waals surface area (Å²) in [6.07, 6.45) is 4.45. The Balaban J connectivity index is 0.000000329. The number of primary amides is 1. The summed E-state index contributed by atoms with van der Waals surface area (Å²) in [5.74, 6) is -1.03. The van der Waals surface area contributed by atoms with Crippen LogP contribution in [0.15, 0.2) is 33.5 Å². The largest absolute Gasteiger partial charge is 0.480 e. The molecule has 1 aromatic carbocycles. The molecule has 0 aliphatic carbocycles. The zero-order valence-electron chi connectivity index (χ0n) is 17.6. The van der Waals surface area contributed by atoms with Gasteiger partial charge >= 0.3 is 17.6 Å². The van der Waals surface area contributed by atoms with Crippen LogP contribution in [-0.2, 0) is 4.79 Å². The number of carboxylic acid groups (broad SMARTS) is 1. The normalized spacial score (nSPS) is 11.3. The first-order chi connectivity index (χ1) is 14.2. The van der Waals surface area contributed by atoms with Crippen LogP contribution in [0.5, 0.6) is 0 Å². The number of benzene rings is 1. The summed E-state index contributed by atoms with van der Waals surface area (Å²) in [5.41, 5.74) is 12.3. The first-order valence-electron chi connectivity index (χ1n) is 10.0. The number of fused-ring (bicyclic) bond motifs is 1. The molecule has 0 saturated heterocycles. The standard InChI is InChI=1S/C15H19NO2.C6H13N3O3/c1-3-4-5-8-16-12-6-7-13-11(2)9-15(17)18-14(13)10-12;7-4(5(10)11)2-1-3-9-6(8)12/h6-7,9-10,16H,3-5,8H2,1-2H3;4H,1-3,7H2,(H,10,11)(H3,8,9,12). The number of carbonyl (C=O) groups is 2. The third-order valence-corrected chi connectivity index (χ3v) is 4.37. The molecule has 7 N–H and O–H groups in total. The molecule has 1 unspecified atom stereocenters. The minimum atomic E-state index is -1.03. The fraction of sp³-hybridized carbons (Fsp3) is 0.476. The predicted molar refractivity (Wildman–Crippen MR) is 118 cm³/mol. The molecule has 9 heteroatoms. The second-order valence-electron chi connectivity index (χ2n) is 6.97. The second kappa shape index (κ2) is 13.2. The van der Waals surface area contributed by atoms with E-state index in [0.29, 0.717) is 25.0 Å². The molecule has 2 rings (SSSR count). The van der Waals surface area contributed by atoms with Crippen molar-refractivity contribution in [1.82, 2.24) is 5.32 Å². The summed E-state index contributed by atoms with van der Waals surface area (Å²) in [6, 6.07) is 5.97. The van der Waals surface area contributed by atoms with Gasteiger partial charge in [-0.3, -0.25) is 4.79 Å². The number of carbonyl (C=O) groups excluding carboxylic acids is 1. The molecule has 9 nitrogen and oxygen atoms in total. The van der Waals surface area contributed by atoms with Gasteiger partial charge in [-0.1, -0.05) is 19.8 Å². The molecule has 30 heavy (non-hydrogen) atoms. The molecule has 0 aliphatic rings. The van der Waals surface area contributed by atoms with Gasteiger partial charge in [0.2, 0.25) is 0 Å². The minimum absolute atomic E-state index is 0.289. The lowest BCUT2D eigenvalue weighted by molar-refractivity contribution is -0.138. The maximum Gasteiger partial charge on any atom is 0.336 e. The molecular weight excluding hydrogens is 388 g/mol. The number of amides is 2. The van der Waals surface area contributed by atoms with E-state index in [1.165, 1.54) is 18.9 Å². The first-order valence-corrected chi connectivity index (χ1v) is 10.0. The van der Waals surface area contributed by atoms with Gasteiger partial charge < -0.3 is 31.6 Å². The number of nitrogens with two attached hydrogens (primary N) is 2. The lowest BCUT2D eigenvalue weighted by Gasteiger charge is -2.07. The molecular formula is C21H32N4O5. The van der Waals surface area contributed by atoms with Crippen LogP contribution < -0.4 is 27.7 Å². The number of unbranched alkanes of at least 4 members (excludes halogenated alkanes) is 2. The fourth-order valence-electron chi connectivity index (χ4n) is 2.70. The van der Waals surface area contributed by atoms with Gasteiger partial charge in [0.1, 0.15) is 11.6 Å². The van der Waals surface area contributed by atoms with Gasteiger partial charge in [-0.25, -0.2) is 9.59 Å². The highest BCUT2D eigenvalue weighted by atomic mass is 16.4. The Morgan fingerprint density at radius 1 is 1.17 bits per heavy atom. The number of carboxylic acids is 1. The van der Waals surface area contributed by atoms with Gasteiger partial charge in [-0.2, -0.15) is 0 Å². The van der Waals surface area contributed by atoms with E-state index in [1.807, 2.05) is 25.1 Å². The molecule has 166 valence electrons. The van der Waals surface area contributed by atoms with Gasteiger partial charge in [-0.05, 0) is 43.9 Å². The molecule has 0 bridgehead atoms. The first kappa shape index (κ1) is 25.0. The van der Waals surface area contributed by atoms with E-state index in [1.54, 1.807) is 0 Å². The lowest BCUT2D eigenvalue weighted by Crippen LogP contribution is -2.33. The second-order valence-corrected chi connectivity index (χ2v) is 6.97. The van der Waals surface area contributed by atoms with Crippen molar-refractivity contribution in [3.63, 3.8) is 0 Å². The number of hydrogen-bond acceptors (Lipinski definition) is 6. The molecule has 0 radical (unpaired) electrons. The number of aryl methyl sites for hydroxylation is 1. The van der Waals surface area contributed by atoms with Gasteiger partial charge in [0.25, 0.3) is 0 Å². The predicted octanol–water partition coefficient (Wildman–Crippen LogP) is 2.55. The van der Waals surface area contributed by atoms with Gasteiger partial charge in [0.05, 0.1) is 0 Å². The molecule has 2 aromatic rings. The molecule has 2 amide bonds. The van der Waals surface area contributed by atoms with Crippen molar-refractivity contribution in [1.29, 1.82) is 0 Å². The average Bonchev–Trinajstić information content (AvgIpc) is 2.68. The number of rotatable bonds is 10. The maximum absolute atomic E-state index is 11.3. The van der Waals surface area contributed by atoms with Crippen molar-refractivity contribution >= 4 is 28.7 Å². The van der Waals surface area contributed by atoms with Gasteiger partial charge in [0, 0.05) is 36.3 Å². The zero-order valence-corrected chi connectivity index (χ0v) is 17.6. The number of nitrogens with one attached hydrogen (secondary N) is 2. The Labute approximate surface area is 175 Å². The Kier molecular flexibility index (Phi) is 11.0. The summed E-state index contributed by atoms with van der Waals surface area (Å²) in [5, 5.41) is 15.0. The van der Waals surface area contributed by atoms with Crippen LogP contribution in [0.25, 0.3) is 11.0 Å². The van der Waals surface area contributed by atoms with E-state index in [-0.39, 0.29) is 5.63 Å². The Morgan fingerprint density at radius 2 is 1.90 bits per heavy atom. The third kappa shape index (κ3) is 9.42. The van der Waals surface area contributed by atoms with Crippen molar-refractivity contribution in [2.75, 3.05) is 18.4 Å². The van der Waals surface area contributed by atoms with Crippen molar-refractivity contribution in [2.24, 2.45) is 11.5 Å². The summed E-state index contributed by atoms with van der Waals surface area (Å²) in [7, 11) is 0. The SMILES string of the molecule is CCCCCNc1ccc2c(C)cc(=O)oc2c1.NC(=O)NCCCC(N)C(=O)O. The zero-order chi connectivity index (χ0) is 22.5. The van der Waals surface area contributed by atoms with E-state index in [0.717, 1.165) is 29.6 Å². The molecule has 0 saturated carbocycles. The monoisotopic (exact) mass is 420 g/mol. The van der Waals surface area contributed by atoms with E-state index in [2.05, 4.69) is 17.6 Å². The highest BCUT2D eigenvalue weighted by Gasteiger charge is 2.09. The Morgan fingerprint density at radius 3 is 2.53 bits per heavy atom. The number of urea groups is 1. The molecule has 1 heterocycles. The summed E-state index contributed by atoms with van der Waals surface area (Å²) < 4.78 is 5.22. The van der Waals surface area contributed by atoms with Crippen LogP contribution in [0, 0.1) is 6.92 Å². The number of hydrogen-bond donors (Lipinski definition) is 5. The van der Waals surface area contributed by atoms with Crippen molar-refractivity contribution in [2.45, 2.75) is 52.0 Å². The fourth-order valence-corrected chi connectivity index (χ4v) is 2.70.